The molecular formula is C21H31IN4OS. The summed E-state index contributed by atoms with van der Waals surface area (Å²) in [6, 6.07) is 8.44. The number of nitrogens with zero attached hydrogens (tertiary/aromatic N) is 3. The number of hydrogen-bond acceptors (Lipinski definition) is 4. The van der Waals surface area contributed by atoms with Gasteiger partial charge in [0.15, 0.2) is 5.96 Å². The third-order valence-electron chi connectivity index (χ3n) is 4.83. The van der Waals surface area contributed by atoms with E-state index in [0.717, 1.165) is 29.8 Å². The summed E-state index contributed by atoms with van der Waals surface area (Å²) in [5, 5.41) is 6.72. The first-order chi connectivity index (χ1) is 12.9. The van der Waals surface area contributed by atoms with Gasteiger partial charge in [-0.2, -0.15) is 0 Å². The Morgan fingerprint density at radius 3 is 2.75 bits per heavy atom. The molecule has 0 saturated carbocycles. The van der Waals surface area contributed by atoms with E-state index in [1.165, 1.54) is 11.1 Å². The molecule has 1 atom stereocenters. The molecule has 7 heteroatoms. The maximum absolute atomic E-state index is 6.04. The number of halogens is 1. The van der Waals surface area contributed by atoms with Gasteiger partial charge in [0.05, 0.1) is 25.4 Å². The van der Waals surface area contributed by atoms with Crippen LogP contribution in [0.15, 0.2) is 34.6 Å². The average Bonchev–Trinajstić information content (AvgIpc) is 3.12. The van der Waals surface area contributed by atoms with Crippen LogP contribution in [0.1, 0.15) is 48.7 Å². The van der Waals surface area contributed by atoms with Crippen molar-refractivity contribution in [2.75, 3.05) is 26.7 Å². The molecule has 5 nitrogen and oxygen atoms in total. The Labute approximate surface area is 189 Å². The van der Waals surface area contributed by atoms with E-state index in [-0.39, 0.29) is 35.5 Å². The molecular weight excluding hydrogens is 483 g/mol. The number of hydrogen-bond donors (Lipinski definition) is 1. The zero-order valence-electron chi connectivity index (χ0n) is 17.4. The number of aromatic nitrogens is 1. The van der Waals surface area contributed by atoms with Crippen LogP contribution in [0.3, 0.4) is 0 Å². The number of thiazole rings is 1. The normalized spacial score (nSPS) is 18.0. The minimum absolute atomic E-state index is 0. The molecule has 2 heterocycles. The Hall–Kier alpha value is -1.19. The summed E-state index contributed by atoms with van der Waals surface area (Å²) in [6.07, 6.45) is 0.0749. The lowest BCUT2D eigenvalue weighted by Gasteiger charge is -2.35. The second-order valence-corrected chi connectivity index (χ2v) is 8.88. The van der Waals surface area contributed by atoms with E-state index in [1.807, 2.05) is 7.05 Å². The highest BCUT2D eigenvalue weighted by Gasteiger charge is 2.25. The molecule has 0 bridgehead atoms. The molecule has 1 aliphatic rings. The Morgan fingerprint density at radius 1 is 1.36 bits per heavy atom. The molecule has 1 saturated heterocycles. The summed E-state index contributed by atoms with van der Waals surface area (Å²) in [5.41, 5.74) is 3.75. The number of ether oxygens (including phenoxy) is 1. The number of aliphatic imine (C=N–C) groups is 1. The van der Waals surface area contributed by atoms with Crippen LogP contribution in [0.4, 0.5) is 0 Å². The largest absolute Gasteiger partial charge is 0.370 e. The lowest BCUT2D eigenvalue weighted by molar-refractivity contribution is -0.00834. The van der Waals surface area contributed by atoms with Crippen molar-refractivity contribution in [3.8, 4) is 0 Å². The highest BCUT2D eigenvalue weighted by molar-refractivity contribution is 14.0. The molecule has 0 radical (unpaired) electrons. The van der Waals surface area contributed by atoms with Gasteiger partial charge in [0.25, 0.3) is 0 Å². The molecule has 1 N–H and O–H groups in total. The van der Waals surface area contributed by atoms with Gasteiger partial charge < -0.3 is 15.0 Å². The second-order valence-electron chi connectivity index (χ2n) is 7.94. The predicted octanol–water partition coefficient (Wildman–Crippen LogP) is 4.52. The highest BCUT2D eigenvalue weighted by atomic mass is 127. The van der Waals surface area contributed by atoms with Crippen LogP contribution in [0.2, 0.25) is 0 Å². The SMILES string of the molecule is CN=C(NCc1nc(C(C)(C)C)cs1)N1CCOC(c2ccccc2C)C1.I. The van der Waals surface area contributed by atoms with Crippen molar-refractivity contribution in [2.24, 2.45) is 4.99 Å². The van der Waals surface area contributed by atoms with Crippen molar-refractivity contribution < 1.29 is 4.74 Å². The zero-order valence-corrected chi connectivity index (χ0v) is 20.5. The molecule has 1 aromatic heterocycles. The zero-order chi connectivity index (χ0) is 19.4. The molecule has 0 amide bonds. The summed E-state index contributed by atoms with van der Waals surface area (Å²) < 4.78 is 6.04. The minimum Gasteiger partial charge on any atom is -0.370 e. The van der Waals surface area contributed by atoms with Crippen LogP contribution < -0.4 is 5.32 Å². The van der Waals surface area contributed by atoms with Crippen LogP contribution in [0, 0.1) is 6.92 Å². The Balaban J connectivity index is 0.00000280. The number of benzene rings is 1. The Bertz CT molecular complexity index is 800. The van der Waals surface area contributed by atoms with Gasteiger partial charge in [-0.1, -0.05) is 45.0 Å². The highest BCUT2D eigenvalue weighted by Crippen LogP contribution is 2.26. The first-order valence-electron chi connectivity index (χ1n) is 9.46. The third kappa shape index (κ3) is 5.67. The van der Waals surface area contributed by atoms with Gasteiger partial charge in [-0.25, -0.2) is 4.98 Å². The van der Waals surface area contributed by atoms with Crippen LogP contribution in [-0.4, -0.2) is 42.6 Å². The summed E-state index contributed by atoms with van der Waals surface area (Å²) >= 11 is 1.70. The quantitative estimate of drug-likeness (QED) is 0.372. The number of aryl methyl sites for hydroxylation is 1. The van der Waals surface area contributed by atoms with Crippen LogP contribution in [0.5, 0.6) is 0 Å². The van der Waals surface area contributed by atoms with Crippen molar-refractivity contribution in [3.05, 3.63) is 51.5 Å². The van der Waals surface area contributed by atoms with Gasteiger partial charge in [0.1, 0.15) is 11.1 Å². The molecule has 3 rings (SSSR count). The van der Waals surface area contributed by atoms with Crippen molar-refractivity contribution in [1.29, 1.82) is 0 Å². The number of guanidine groups is 1. The average molecular weight is 514 g/mol. The van der Waals surface area contributed by atoms with E-state index in [2.05, 4.69) is 72.5 Å². The first-order valence-corrected chi connectivity index (χ1v) is 10.3. The topological polar surface area (TPSA) is 49.8 Å². The Kier molecular flexibility index (Phi) is 8.27. The molecule has 1 aliphatic heterocycles. The summed E-state index contributed by atoms with van der Waals surface area (Å²) in [7, 11) is 1.84. The van der Waals surface area contributed by atoms with Gasteiger partial charge in [-0.15, -0.1) is 35.3 Å². The Morgan fingerprint density at radius 2 is 2.11 bits per heavy atom. The number of rotatable bonds is 3. The smallest absolute Gasteiger partial charge is 0.194 e. The van der Waals surface area contributed by atoms with Crippen LogP contribution >= 0.6 is 35.3 Å². The summed E-state index contributed by atoms with van der Waals surface area (Å²) in [4.78, 5) is 11.5. The first kappa shape index (κ1) is 23.1. The van der Waals surface area contributed by atoms with Gasteiger partial charge in [0.2, 0.25) is 0 Å². The van der Waals surface area contributed by atoms with Crippen LogP contribution in [-0.2, 0) is 16.7 Å². The molecule has 154 valence electrons. The lowest BCUT2D eigenvalue weighted by Crippen LogP contribution is -2.48. The molecule has 2 aromatic rings. The third-order valence-corrected chi connectivity index (χ3v) is 5.68. The fourth-order valence-electron chi connectivity index (χ4n) is 3.20. The standard InChI is InChI=1S/C21H30N4OS.HI/c1-15-8-6-7-9-16(15)17-13-25(10-11-26-17)20(22-5)23-12-19-24-18(14-27-19)21(2,3)4;/h6-9,14,17H,10-13H2,1-5H3,(H,22,23);1H. The maximum atomic E-state index is 6.04. The van der Waals surface area contributed by atoms with Gasteiger partial charge in [0, 0.05) is 24.4 Å². The lowest BCUT2D eigenvalue weighted by atomic mass is 9.93. The molecule has 1 fully saturated rings. The minimum atomic E-state index is 0. The van der Waals surface area contributed by atoms with Crippen LogP contribution in [0.25, 0.3) is 0 Å². The monoisotopic (exact) mass is 514 g/mol. The van der Waals surface area contributed by atoms with E-state index in [1.54, 1.807) is 11.3 Å². The van der Waals surface area contributed by atoms with Crippen molar-refractivity contribution in [3.63, 3.8) is 0 Å². The van der Waals surface area contributed by atoms with E-state index in [9.17, 15) is 0 Å². The van der Waals surface area contributed by atoms with Crippen molar-refractivity contribution >= 4 is 41.3 Å². The van der Waals surface area contributed by atoms with E-state index >= 15 is 0 Å². The van der Waals surface area contributed by atoms with Crippen molar-refractivity contribution in [1.82, 2.24) is 15.2 Å². The van der Waals surface area contributed by atoms with E-state index < -0.39 is 0 Å². The fraction of sp³-hybridized carbons (Fsp3) is 0.524. The van der Waals surface area contributed by atoms with E-state index in [4.69, 9.17) is 9.72 Å². The maximum Gasteiger partial charge on any atom is 0.194 e. The van der Waals surface area contributed by atoms with Gasteiger partial charge in [-0.3, -0.25) is 4.99 Å². The molecule has 1 aromatic carbocycles. The molecule has 0 aliphatic carbocycles. The summed E-state index contributed by atoms with van der Waals surface area (Å²) in [6.45, 7) is 11.8. The van der Waals surface area contributed by atoms with Crippen molar-refractivity contribution in [2.45, 2.75) is 45.8 Å². The van der Waals surface area contributed by atoms with Gasteiger partial charge >= 0.3 is 0 Å². The number of morpholine rings is 1. The molecule has 0 spiro atoms. The fourth-order valence-corrected chi connectivity index (χ4v) is 4.16. The van der Waals surface area contributed by atoms with E-state index in [0.29, 0.717) is 13.2 Å². The molecule has 28 heavy (non-hydrogen) atoms. The second kappa shape index (κ2) is 10.0. The number of nitrogens with one attached hydrogen (secondary N) is 1. The molecule has 1 unspecified atom stereocenters. The predicted molar refractivity (Wildman–Crippen MR) is 128 cm³/mol. The summed E-state index contributed by atoms with van der Waals surface area (Å²) in [5.74, 6) is 0.907. The van der Waals surface area contributed by atoms with Gasteiger partial charge in [-0.05, 0) is 18.1 Å².